The molecule has 0 fully saturated rings. The van der Waals surface area contributed by atoms with Gasteiger partial charge in [-0.3, -0.25) is 4.79 Å². The molecule has 1 amide bonds. The molecule has 17 heavy (non-hydrogen) atoms. The predicted octanol–water partition coefficient (Wildman–Crippen LogP) is 1.39. The van der Waals surface area contributed by atoms with Crippen molar-refractivity contribution in [2.24, 2.45) is 0 Å². The number of hydrogen-bond donors (Lipinski definition) is 2. The van der Waals surface area contributed by atoms with Crippen LogP contribution in [0.25, 0.3) is 0 Å². The summed E-state index contributed by atoms with van der Waals surface area (Å²) < 4.78 is 17.5. The number of rotatable bonds is 7. The molecule has 0 aliphatic heterocycles. The molecule has 0 spiro atoms. The largest absolute Gasteiger partial charge is 0.383 e. The van der Waals surface area contributed by atoms with E-state index in [1.807, 2.05) is 0 Å². The second-order valence-electron chi connectivity index (χ2n) is 3.55. The predicted molar refractivity (Wildman–Crippen MR) is 64.4 cm³/mol. The van der Waals surface area contributed by atoms with Crippen LogP contribution in [0.5, 0.6) is 0 Å². The van der Waals surface area contributed by atoms with Crippen LogP contribution in [0.15, 0.2) is 24.3 Å². The average molecular weight is 240 g/mol. The van der Waals surface area contributed by atoms with Crippen LogP contribution in [0.4, 0.5) is 10.1 Å². The molecular formula is C12H17FN2O2. The molecule has 0 radical (unpaired) electrons. The lowest BCUT2D eigenvalue weighted by atomic mass is 10.3. The molecular weight excluding hydrogens is 223 g/mol. The Balaban J connectivity index is 2.18. The molecule has 2 N–H and O–H groups in total. The summed E-state index contributed by atoms with van der Waals surface area (Å²) in [5.41, 5.74) is 0.605. The summed E-state index contributed by atoms with van der Waals surface area (Å²) in [4.78, 5) is 11.5. The first-order valence-electron chi connectivity index (χ1n) is 5.47. The summed E-state index contributed by atoms with van der Waals surface area (Å²) in [7, 11) is 1.63. The van der Waals surface area contributed by atoms with Gasteiger partial charge in [0.2, 0.25) is 5.91 Å². The van der Waals surface area contributed by atoms with Gasteiger partial charge in [0.1, 0.15) is 5.82 Å². The van der Waals surface area contributed by atoms with Gasteiger partial charge in [-0.1, -0.05) is 0 Å². The number of ether oxygens (including phenoxy) is 1. The maximum absolute atomic E-state index is 12.6. The van der Waals surface area contributed by atoms with Crippen LogP contribution in [-0.2, 0) is 9.53 Å². The van der Waals surface area contributed by atoms with Crippen molar-refractivity contribution >= 4 is 11.6 Å². The van der Waals surface area contributed by atoms with Crippen LogP contribution < -0.4 is 10.6 Å². The fraction of sp³-hybridized carbons (Fsp3) is 0.417. The minimum atomic E-state index is -0.316. The Morgan fingerprint density at radius 2 is 2.00 bits per heavy atom. The summed E-state index contributed by atoms with van der Waals surface area (Å²) in [6.45, 7) is 1.94. The fourth-order valence-corrected chi connectivity index (χ4v) is 1.26. The summed E-state index contributed by atoms with van der Waals surface area (Å²) in [6.07, 6.45) is 0.376. The zero-order valence-electron chi connectivity index (χ0n) is 9.83. The molecule has 1 aromatic carbocycles. The van der Waals surface area contributed by atoms with Crippen molar-refractivity contribution < 1.29 is 13.9 Å². The molecule has 1 rings (SSSR count). The molecule has 5 heteroatoms. The zero-order valence-corrected chi connectivity index (χ0v) is 9.83. The van der Waals surface area contributed by atoms with Gasteiger partial charge in [-0.25, -0.2) is 4.39 Å². The van der Waals surface area contributed by atoms with Crippen LogP contribution in [-0.4, -0.2) is 32.7 Å². The highest BCUT2D eigenvalue weighted by atomic mass is 19.1. The Morgan fingerprint density at radius 1 is 1.29 bits per heavy atom. The number of methoxy groups -OCH3 is 1. The lowest BCUT2D eigenvalue weighted by Crippen LogP contribution is -2.24. The molecule has 0 saturated heterocycles. The van der Waals surface area contributed by atoms with Crippen molar-refractivity contribution in [1.29, 1.82) is 0 Å². The van der Waals surface area contributed by atoms with Crippen molar-refractivity contribution in [3.05, 3.63) is 30.1 Å². The van der Waals surface area contributed by atoms with Gasteiger partial charge in [0.25, 0.3) is 0 Å². The smallest absolute Gasteiger partial charge is 0.225 e. The van der Waals surface area contributed by atoms with Crippen molar-refractivity contribution in [3.8, 4) is 0 Å². The monoisotopic (exact) mass is 240 g/mol. The van der Waals surface area contributed by atoms with Crippen LogP contribution in [0.3, 0.4) is 0 Å². The Labute approximate surface area is 100 Å². The third-order valence-electron chi connectivity index (χ3n) is 2.14. The van der Waals surface area contributed by atoms with E-state index in [9.17, 15) is 9.18 Å². The number of amides is 1. The van der Waals surface area contributed by atoms with E-state index in [1.165, 1.54) is 24.3 Å². The lowest BCUT2D eigenvalue weighted by molar-refractivity contribution is -0.116. The normalized spacial score (nSPS) is 10.2. The summed E-state index contributed by atoms with van der Waals surface area (Å²) in [5, 5.41) is 5.75. The maximum Gasteiger partial charge on any atom is 0.225 e. The summed E-state index contributed by atoms with van der Waals surface area (Å²) in [6, 6.07) is 5.69. The topological polar surface area (TPSA) is 50.4 Å². The first-order chi connectivity index (χ1) is 8.22. The van der Waals surface area contributed by atoms with Gasteiger partial charge < -0.3 is 15.4 Å². The average Bonchev–Trinajstić information content (AvgIpc) is 2.32. The third kappa shape index (κ3) is 5.99. The number of benzene rings is 1. The van der Waals surface area contributed by atoms with E-state index in [0.717, 1.165) is 6.54 Å². The number of carbonyl (C=O) groups excluding carboxylic acids is 1. The number of carbonyl (C=O) groups is 1. The molecule has 94 valence electrons. The summed E-state index contributed by atoms with van der Waals surface area (Å²) in [5.74, 6) is -0.411. The van der Waals surface area contributed by atoms with Crippen molar-refractivity contribution in [1.82, 2.24) is 5.32 Å². The molecule has 0 unspecified atom stereocenters. The molecule has 0 aromatic heterocycles. The van der Waals surface area contributed by atoms with Gasteiger partial charge in [0, 0.05) is 32.3 Å². The Bertz CT molecular complexity index is 341. The molecule has 0 aliphatic rings. The first-order valence-corrected chi connectivity index (χ1v) is 5.47. The fourth-order valence-electron chi connectivity index (χ4n) is 1.26. The Kier molecular flexibility index (Phi) is 6.21. The molecule has 1 aromatic rings. The van der Waals surface area contributed by atoms with E-state index in [2.05, 4.69) is 10.6 Å². The molecule has 0 aliphatic carbocycles. The van der Waals surface area contributed by atoms with Crippen molar-refractivity contribution in [2.75, 3.05) is 32.1 Å². The molecule has 0 saturated carbocycles. The molecule has 0 atom stereocenters. The minimum absolute atomic E-state index is 0.0958. The van der Waals surface area contributed by atoms with E-state index in [0.29, 0.717) is 25.3 Å². The van der Waals surface area contributed by atoms with Crippen LogP contribution in [0.2, 0.25) is 0 Å². The highest BCUT2D eigenvalue weighted by Crippen LogP contribution is 2.08. The second kappa shape index (κ2) is 7.76. The van der Waals surface area contributed by atoms with Gasteiger partial charge >= 0.3 is 0 Å². The van der Waals surface area contributed by atoms with Gasteiger partial charge in [-0.05, 0) is 24.3 Å². The first kappa shape index (κ1) is 13.6. The standard InChI is InChI=1S/C12H17FN2O2/c1-17-9-8-14-7-6-12(16)15-11-4-2-10(13)3-5-11/h2-5,14H,6-9H2,1H3,(H,15,16). The highest BCUT2D eigenvalue weighted by Gasteiger charge is 2.01. The van der Waals surface area contributed by atoms with E-state index >= 15 is 0 Å². The highest BCUT2D eigenvalue weighted by molar-refractivity contribution is 5.90. The SMILES string of the molecule is COCCNCCC(=O)Nc1ccc(F)cc1. The minimum Gasteiger partial charge on any atom is -0.383 e. The lowest BCUT2D eigenvalue weighted by Gasteiger charge is -2.06. The van der Waals surface area contributed by atoms with E-state index in [4.69, 9.17) is 4.74 Å². The maximum atomic E-state index is 12.6. The summed E-state index contributed by atoms with van der Waals surface area (Å²) >= 11 is 0. The Hall–Kier alpha value is -1.46. The molecule has 0 bridgehead atoms. The van der Waals surface area contributed by atoms with Crippen molar-refractivity contribution in [2.45, 2.75) is 6.42 Å². The second-order valence-corrected chi connectivity index (χ2v) is 3.55. The van der Waals surface area contributed by atoms with E-state index in [1.54, 1.807) is 7.11 Å². The molecule has 4 nitrogen and oxygen atoms in total. The van der Waals surface area contributed by atoms with Crippen molar-refractivity contribution in [3.63, 3.8) is 0 Å². The number of nitrogens with one attached hydrogen (secondary N) is 2. The number of halogens is 1. The zero-order chi connectivity index (χ0) is 12.5. The van der Waals surface area contributed by atoms with Crippen LogP contribution in [0.1, 0.15) is 6.42 Å². The number of hydrogen-bond acceptors (Lipinski definition) is 3. The van der Waals surface area contributed by atoms with E-state index in [-0.39, 0.29) is 11.7 Å². The van der Waals surface area contributed by atoms with Crippen LogP contribution >= 0.6 is 0 Å². The quantitative estimate of drug-likeness (QED) is 0.708. The third-order valence-corrected chi connectivity index (χ3v) is 2.14. The van der Waals surface area contributed by atoms with Gasteiger partial charge in [0.05, 0.1) is 6.61 Å². The van der Waals surface area contributed by atoms with Gasteiger partial charge in [-0.2, -0.15) is 0 Å². The van der Waals surface area contributed by atoms with Crippen LogP contribution in [0, 0.1) is 5.82 Å². The Morgan fingerprint density at radius 3 is 2.65 bits per heavy atom. The number of anilines is 1. The van der Waals surface area contributed by atoms with E-state index < -0.39 is 0 Å². The van der Waals surface area contributed by atoms with Gasteiger partial charge in [0.15, 0.2) is 0 Å². The van der Waals surface area contributed by atoms with Gasteiger partial charge in [-0.15, -0.1) is 0 Å². The molecule has 0 heterocycles.